The Labute approximate surface area is 88.1 Å². The van der Waals surface area contributed by atoms with Gasteiger partial charge in [0, 0.05) is 14.1 Å². The van der Waals surface area contributed by atoms with Gasteiger partial charge in [-0.2, -0.15) is 0 Å². The second kappa shape index (κ2) is 3.42. The Hall–Kier alpha value is -1.78. The zero-order valence-electron chi connectivity index (χ0n) is 9.33. The maximum Gasteiger partial charge on any atom is 0.224 e. The van der Waals surface area contributed by atoms with E-state index in [1.807, 2.05) is 38.6 Å². The van der Waals surface area contributed by atoms with Gasteiger partial charge in [0.05, 0.1) is 5.56 Å². The molecule has 2 aromatic heterocycles. The lowest BCUT2D eigenvalue weighted by atomic mass is 10.2. The van der Waals surface area contributed by atoms with Crippen LogP contribution in [0.1, 0.15) is 11.5 Å². The molecule has 0 fully saturated rings. The standard InChI is InChI=1S/C10H14N4O/c1-6-5-8(7(2)15-6)9-12-13-10(11-3)14(9)4/h5H,1-4H3,(H,11,13). The van der Waals surface area contributed by atoms with Crippen LogP contribution in [0.4, 0.5) is 5.95 Å². The maximum absolute atomic E-state index is 5.47. The fraction of sp³-hybridized carbons (Fsp3) is 0.400. The van der Waals surface area contributed by atoms with Crippen LogP contribution in [-0.4, -0.2) is 21.8 Å². The number of aryl methyl sites for hydroxylation is 2. The van der Waals surface area contributed by atoms with Crippen LogP contribution in [0.5, 0.6) is 0 Å². The molecule has 2 rings (SSSR count). The van der Waals surface area contributed by atoms with E-state index in [2.05, 4.69) is 15.5 Å². The van der Waals surface area contributed by atoms with Gasteiger partial charge in [0.2, 0.25) is 5.95 Å². The van der Waals surface area contributed by atoms with Crippen molar-refractivity contribution in [1.82, 2.24) is 14.8 Å². The van der Waals surface area contributed by atoms with E-state index >= 15 is 0 Å². The van der Waals surface area contributed by atoms with Crippen LogP contribution in [0, 0.1) is 13.8 Å². The molecule has 0 bridgehead atoms. The van der Waals surface area contributed by atoms with Gasteiger partial charge in [-0.1, -0.05) is 0 Å². The molecule has 0 spiro atoms. The fourth-order valence-corrected chi connectivity index (χ4v) is 1.63. The monoisotopic (exact) mass is 206 g/mol. The third-order valence-electron chi connectivity index (χ3n) is 2.38. The SMILES string of the molecule is CNc1nnc(-c2cc(C)oc2C)n1C. The van der Waals surface area contributed by atoms with Gasteiger partial charge >= 0.3 is 0 Å². The minimum Gasteiger partial charge on any atom is -0.466 e. The minimum absolute atomic E-state index is 0.739. The van der Waals surface area contributed by atoms with Crippen molar-refractivity contribution < 1.29 is 4.42 Å². The first kappa shape index (κ1) is 9.76. The summed E-state index contributed by atoms with van der Waals surface area (Å²) in [5, 5.41) is 11.1. The molecular formula is C10H14N4O. The average Bonchev–Trinajstić information content (AvgIpc) is 2.69. The summed E-state index contributed by atoms with van der Waals surface area (Å²) < 4.78 is 7.37. The Morgan fingerprint density at radius 1 is 1.33 bits per heavy atom. The number of nitrogens with one attached hydrogen (secondary N) is 1. The normalized spacial score (nSPS) is 10.7. The predicted molar refractivity (Wildman–Crippen MR) is 57.7 cm³/mol. The zero-order chi connectivity index (χ0) is 11.0. The third kappa shape index (κ3) is 1.49. The molecule has 0 aliphatic heterocycles. The predicted octanol–water partition coefficient (Wildman–Crippen LogP) is 1.73. The number of aromatic nitrogens is 3. The summed E-state index contributed by atoms with van der Waals surface area (Å²) in [5.74, 6) is 3.30. The summed E-state index contributed by atoms with van der Waals surface area (Å²) in [4.78, 5) is 0. The second-order valence-corrected chi connectivity index (χ2v) is 3.48. The molecule has 0 radical (unpaired) electrons. The van der Waals surface area contributed by atoms with Crippen molar-refractivity contribution in [2.75, 3.05) is 12.4 Å². The Morgan fingerprint density at radius 2 is 2.07 bits per heavy atom. The summed E-state index contributed by atoms with van der Waals surface area (Å²) in [7, 11) is 3.74. The molecule has 5 heteroatoms. The zero-order valence-corrected chi connectivity index (χ0v) is 9.33. The highest BCUT2D eigenvalue weighted by Crippen LogP contribution is 2.25. The molecule has 5 nitrogen and oxygen atoms in total. The molecule has 80 valence electrons. The van der Waals surface area contributed by atoms with Crippen LogP contribution in [0.2, 0.25) is 0 Å². The fourth-order valence-electron chi connectivity index (χ4n) is 1.63. The highest BCUT2D eigenvalue weighted by molar-refractivity contribution is 5.60. The van der Waals surface area contributed by atoms with Crippen LogP contribution in [0.3, 0.4) is 0 Å². The molecule has 2 heterocycles. The molecule has 0 aliphatic carbocycles. The van der Waals surface area contributed by atoms with Gasteiger partial charge in [-0.3, -0.25) is 4.57 Å². The van der Waals surface area contributed by atoms with Crippen molar-refractivity contribution in [2.24, 2.45) is 7.05 Å². The molecule has 0 amide bonds. The average molecular weight is 206 g/mol. The van der Waals surface area contributed by atoms with Crippen molar-refractivity contribution in [3.63, 3.8) is 0 Å². The number of hydrogen-bond acceptors (Lipinski definition) is 4. The Morgan fingerprint density at radius 3 is 2.53 bits per heavy atom. The smallest absolute Gasteiger partial charge is 0.224 e. The van der Waals surface area contributed by atoms with Crippen molar-refractivity contribution in [1.29, 1.82) is 0 Å². The summed E-state index contributed by atoms with van der Waals surface area (Å²) in [6, 6.07) is 1.97. The quantitative estimate of drug-likeness (QED) is 0.813. The number of rotatable bonds is 2. The van der Waals surface area contributed by atoms with Gasteiger partial charge in [-0.25, -0.2) is 0 Å². The van der Waals surface area contributed by atoms with Crippen LogP contribution in [-0.2, 0) is 7.05 Å². The Kier molecular flexibility index (Phi) is 2.22. The molecule has 0 saturated heterocycles. The summed E-state index contributed by atoms with van der Waals surface area (Å²) in [6.07, 6.45) is 0. The molecule has 1 N–H and O–H groups in total. The highest BCUT2D eigenvalue weighted by atomic mass is 16.3. The molecule has 2 aromatic rings. The van der Waals surface area contributed by atoms with Crippen molar-refractivity contribution >= 4 is 5.95 Å². The van der Waals surface area contributed by atoms with E-state index in [9.17, 15) is 0 Å². The Bertz CT molecular complexity index is 484. The first-order valence-electron chi connectivity index (χ1n) is 4.78. The minimum atomic E-state index is 0.739. The van der Waals surface area contributed by atoms with E-state index in [0.717, 1.165) is 28.9 Å². The summed E-state index contributed by atoms with van der Waals surface area (Å²) >= 11 is 0. The van der Waals surface area contributed by atoms with E-state index in [1.165, 1.54) is 0 Å². The number of hydrogen-bond donors (Lipinski definition) is 1. The second-order valence-electron chi connectivity index (χ2n) is 3.48. The number of anilines is 1. The topological polar surface area (TPSA) is 55.9 Å². The molecule has 0 atom stereocenters. The molecule has 0 unspecified atom stereocenters. The van der Waals surface area contributed by atoms with Gasteiger partial charge in [-0.15, -0.1) is 10.2 Å². The highest BCUT2D eigenvalue weighted by Gasteiger charge is 2.14. The van der Waals surface area contributed by atoms with Gasteiger partial charge < -0.3 is 9.73 Å². The van der Waals surface area contributed by atoms with Crippen LogP contribution in [0.25, 0.3) is 11.4 Å². The van der Waals surface area contributed by atoms with Gasteiger partial charge in [0.1, 0.15) is 11.5 Å². The molecule has 0 aliphatic rings. The van der Waals surface area contributed by atoms with Crippen molar-refractivity contribution in [3.05, 3.63) is 17.6 Å². The first-order valence-corrected chi connectivity index (χ1v) is 4.78. The van der Waals surface area contributed by atoms with Gasteiger partial charge in [0.15, 0.2) is 5.82 Å². The van der Waals surface area contributed by atoms with E-state index in [1.54, 1.807) is 0 Å². The largest absolute Gasteiger partial charge is 0.466 e. The summed E-state index contributed by atoms with van der Waals surface area (Å²) in [5.41, 5.74) is 0.990. The van der Waals surface area contributed by atoms with Crippen LogP contribution in [0.15, 0.2) is 10.5 Å². The first-order chi connectivity index (χ1) is 7.13. The van der Waals surface area contributed by atoms with Crippen molar-refractivity contribution in [2.45, 2.75) is 13.8 Å². The van der Waals surface area contributed by atoms with E-state index < -0.39 is 0 Å². The Balaban J connectivity index is 2.54. The van der Waals surface area contributed by atoms with Gasteiger partial charge in [-0.05, 0) is 19.9 Å². The van der Waals surface area contributed by atoms with E-state index in [4.69, 9.17) is 4.42 Å². The lowest BCUT2D eigenvalue weighted by molar-refractivity contribution is 0.505. The number of furan rings is 1. The lowest BCUT2D eigenvalue weighted by Gasteiger charge is -2.01. The van der Waals surface area contributed by atoms with Crippen molar-refractivity contribution in [3.8, 4) is 11.4 Å². The van der Waals surface area contributed by atoms with E-state index in [-0.39, 0.29) is 0 Å². The third-order valence-corrected chi connectivity index (χ3v) is 2.38. The molecular weight excluding hydrogens is 192 g/mol. The van der Waals surface area contributed by atoms with Crippen LogP contribution < -0.4 is 5.32 Å². The lowest BCUT2D eigenvalue weighted by Crippen LogP contribution is -1.99. The number of nitrogens with zero attached hydrogens (tertiary/aromatic N) is 3. The summed E-state index contributed by atoms with van der Waals surface area (Å²) in [6.45, 7) is 3.85. The van der Waals surface area contributed by atoms with Gasteiger partial charge in [0.25, 0.3) is 0 Å². The van der Waals surface area contributed by atoms with Crippen LogP contribution >= 0.6 is 0 Å². The molecule has 0 aromatic carbocycles. The molecule has 0 saturated carbocycles. The molecule has 15 heavy (non-hydrogen) atoms. The maximum atomic E-state index is 5.47. The van der Waals surface area contributed by atoms with E-state index in [0.29, 0.717) is 0 Å².